The molecule has 2 amide bonds. The molecule has 1 aliphatic rings. The topological polar surface area (TPSA) is 40.6 Å². The molecule has 0 spiro atoms. The van der Waals surface area contributed by atoms with Crippen LogP contribution < -0.4 is 4.90 Å². The molecule has 0 saturated carbocycles. The smallest absolute Gasteiger partial charge is 0.258 e. The molecule has 0 unspecified atom stereocenters. The molecule has 0 N–H and O–H groups in total. The van der Waals surface area contributed by atoms with Crippen molar-refractivity contribution in [2.45, 2.75) is 12.8 Å². The van der Waals surface area contributed by atoms with Crippen molar-refractivity contribution < 1.29 is 9.59 Å². The van der Waals surface area contributed by atoms with Gasteiger partial charge in [0, 0.05) is 37.0 Å². The van der Waals surface area contributed by atoms with Gasteiger partial charge in [-0.1, -0.05) is 24.3 Å². The Morgan fingerprint density at radius 1 is 0.913 bits per heavy atom. The number of anilines is 1. The molecule has 3 rings (SSSR count). The highest BCUT2D eigenvalue weighted by Gasteiger charge is 2.21. The SMILES string of the molecule is CN(C(=O)c1cccc(C(=O)N2CCCC2)c1)c1ccccc1. The lowest BCUT2D eigenvalue weighted by Crippen LogP contribution is -2.29. The molecule has 23 heavy (non-hydrogen) atoms. The number of amides is 2. The zero-order chi connectivity index (χ0) is 16.2. The third-order valence-corrected chi connectivity index (χ3v) is 4.20. The fraction of sp³-hybridized carbons (Fsp3) is 0.263. The van der Waals surface area contributed by atoms with Crippen LogP contribution in [0.5, 0.6) is 0 Å². The molecule has 1 heterocycles. The molecule has 0 bridgehead atoms. The number of para-hydroxylation sites is 1. The van der Waals surface area contributed by atoms with Gasteiger partial charge in [0.25, 0.3) is 11.8 Å². The normalized spacial score (nSPS) is 13.9. The maximum absolute atomic E-state index is 12.6. The minimum atomic E-state index is -0.118. The Morgan fingerprint density at radius 3 is 2.26 bits per heavy atom. The maximum Gasteiger partial charge on any atom is 0.258 e. The van der Waals surface area contributed by atoms with Gasteiger partial charge in [0.15, 0.2) is 0 Å². The van der Waals surface area contributed by atoms with Crippen molar-refractivity contribution >= 4 is 17.5 Å². The van der Waals surface area contributed by atoms with Gasteiger partial charge in [-0.2, -0.15) is 0 Å². The van der Waals surface area contributed by atoms with Crippen LogP contribution in [0.3, 0.4) is 0 Å². The molecule has 2 aromatic carbocycles. The van der Waals surface area contributed by atoms with Crippen molar-refractivity contribution in [3.05, 3.63) is 65.7 Å². The molecule has 1 saturated heterocycles. The predicted octanol–water partition coefficient (Wildman–Crippen LogP) is 3.20. The Bertz CT molecular complexity index is 706. The number of nitrogens with zero attached hydrogens (tertiary/aromatic N) is 2. The summed E-state index contributed by atoms with van der Waals surface area (Å²) < 4.78 is 0. The largest absolute Gasteiger partial charge is 0.339 e. The Labute approximate surface area is 136 Å². The van der Waals surface area contributed by atoms with E-state index in [4.69, 9.17) is 0 Å². The highest BCUT2D eigenvalue weighted by Crippen LogP contribution is 2.17. The second kappa shape index (κ2) is 6.65. The summed E-state index contributed by atoms with van der Waals surface area (Å²) in [5.41, 5.74) is 1.94. The first-order valence-electron chi connectivity index (χ1n) is 7.89. The molecular weight excluding hydrogens is 288 g/mol. The fourth-order valence-electron chi connectivity index (χ4n) is 2.85. The van der Waals surface area contributed by atoms with Crippen LogP contribution >= 0.6 is 0 Å². The molecule has 4 heteroatoms. The molecule has 1 aliphatic heterocycles. The number of carbonyl (C=O) groups is 2. The Morgan fingerprint density at radius 2 is 1.57 bits per heavy atom. The van der Waals surface area contributed by atoms with Crippen LogP contribution in [-0.4, -0.2) is 36.9 Å². The van der Waals surface area contributed by atoms with E-state index < -0.39 is 0 Å². The van der Waals surface area contributed by atoms with E-state index in [1.54, 1.807) is 36.2 Å². The summed E-state index contributed by atoms with van der Waals surface area (Å²) in [6, 6.07) is 16.5. The van der Waals surface area contributed by atoms with Gasteiger partial charge < -0.3 is 9.80 Å². The van der Waals surface area contributed by atoms with E-state index in [1.807, 2.05) is 35.2 Å². The number of carbonyl (C=O) groups excluding carboxylic acids is 2. The number of hydrogen-bond donors (Lipinski definition) is 0. The zero-order valence-electron chi connectivity index (χ0n) is 13.2. The standard InChI is InChI=1S/C19H20N2O2/c1-20(17-10-3-2-4-11-17)18(22)15-8-7-9-16(14-15)19(23)21-12-5-6-13-21/h2-4,7-11,14H,5-6,12-13H2,1H3. The van der Waals surface area contributed by atoms with E-state index in [9.17, 15) is 9.59 Å². The Kier molecular flexibility index (Phi) is 4.42. The highest BCUT2D eigenvalue weighted by molar-refractivity contribution is 6.07. The van der Waals surface area contributed by atoms with Crippen molar-refractivity contribution in [3.8, 4) is 0 Å². The Hall–Kier alpha value is -2.62. The summed E-state index contributed by atoms with van der Waals surface area (Å²) in [4.78, 5) is 28.6. The molecule has 0 radical (unpaired) electrons. The average molecular weight is 308 g/mol. The van der Waals surface area contributed by atoms with E-state index in [0.717, 1.165) is 31.6 Å². The lowest BCUT2D eigenvalue weighted by atomic mass is 10.1. The molecular formula is C19H20N2O2. The average Bonchev–Trinajstić information content (AvgIpc) is 3.15. The summed E-state index contributed by atoms with van der Waals surface area (Å²) in [6.07, 6.45) is 2.11. The van der Waals surface area contributed by atoms with Crippen molar-refractivity contribution in [1.82, 2.24) is 4.90 Å². The van der Waals surface area contributed by atoms with Gasteiger partial charge in [0.2, 0.25) is 0 Å². The monoisotopic (exact) mass is 308 g/mol. The molecule has 1 fully saturated rings. The first kappa shape index (κ1) is 15.3. The molecule has 0 atom stereocenters. The van der Waals surface area contributed by atoms with Crippen LogP contribution in [0.15, 0.2) is 54.6 Å². The van der Waals surface area contributed by atoms with Gasteiger partial charge in [-0.25, -0.2) is 0 Å². The minimum absolute atomic E-state index is 0.0134. The fourth-order valence-corrected chi connectivity index (χ4v) is 2.85. The molecule has 0 aliphatic carbocycles. The van der Waals surface area contributed by atoms with E-state index >= 15 is 0 Å². The van der Waals surface area contributed by atoms with E-state index in [1.165, 1.54) is 0 Å². The van der Waals surface area contributed by atoms with Crippen molar-refractivity contribution in [2.24, 2.45) is 0 Å². The first-order chi connectivity index (χ1) is 11.2. The molecule has 2 aromatic rings. The minimum Gasteiger partial charge on any atom is -0.339 e. The first-order valence-corrected chi connectivity index (χ1v) is 7.89. The van der Waals surface area contributed by atoms with Crippen LogP contribution in [-0.2, 0) is 0 Å². The lowest BCUT2D eigenvalue weighted by molar-refractivity contribution is 0.0793. The van der Waals surface area contributed by atoms with Gasteiger partial charge in [0.1, 0.15) is 0 Å². The summed E-state index contributed by atoms with van der Waals surface area (Å²) >= 11 is 0. The van der Waals surface area contributed by atoms with Crippen LogP contribution in [0, 0.1) is 0 Å². The second-order valence-electron chi connectivity index (χ2n) is 5.78. The summed E-state index contributed by atoms with van der Waals surface area (Å²) in [5, 5.41) is 0. The van der Waals surface area contributed by atoms with Crippen molar-refractivity contribution in [3.63, 3.8) is 0 Å². The van der Waals surface area contributed by atoms with Gasteiger partial charge in [-0.05, 0) is 43.2 Å². The summed E-state index contributed by atoms with van der Waals surface area (Å²) in [6.45, 7) is 1.61. The van der Waals surface area contributed by atoms with Gasteiger partial charge in [-0.15, -0.1) is 0 Å². The zero-order valence-corrected chi connectivity index (χ0v) is 13.2. The van der Waals surface area contributed by atoms with Gasteiger partial charge in [0.05, 0.1) is 0 Å². The van der Waals surface area contributed by atoms with E-state index in [-0.39, 0.29) is 11.8 Å². The number of benzene rings is 2. The van der Waals surface area contributed by atoms with Gasteiger partial charge >= 0.3 is 0 Å². The van der Waals surface area contributed by atoms with Gasteiger partial charge in [-0.3, -0.25) is 9.59 Å². The quantitative estimate of drug-likeness (QED) is 0.873. The molecule has 4 nitrogen and oxygen atoms in total. The Balaban J connectivity index is 1.81. The molecule has 118 valence electrons. The van der Waals surface area contributed by atoms with Crippen LogP contribution in [0.25, 0.3) is 0 Å². The second-order valence-corrected chi connectivity index (χ2v) is 5.78. The third kappa shape index (κ3) is 3.26. The summed E-state index contributed by atoms with van der Waals surface area (Å²) in [7, 11) is 1.74. The lowest BCUT2D eigenvalue weighted by Gasteiger charge is -2.19. The predicted molar refractivity (Wildman–Crippen MR) is 90.8 cm³/mol. The highest BCUT2D eigenvalue weighted by atomic mass is 16.2. The van der Waals surface area contributed by atoms with Crippen LogP contribution in [0.4, 0.5) is 5.69 Å². The third-order valence-electron chi connectivity index (χ3n) is 4.20. The maximum atomic E-state index is 12.6. The van der Waals surface area contributed by atoms with Crippen LogP contribution in [0.2, 0.25) is 0 Å². The number of rotatable bonds is 3. The van der Waals surface area contributed by atoms with Crippen molar-refractivity contribution in [1.29, 1.82) is 0 Å². The molecule has 0 aromatic heterocycles. The number of likely N-dealkylation sites (tertiary alicyclic amines) is 1. The van der Waals surface area contributed by atoms with Crippen LogP contribution in [0.1, 0.15) is 33.6 Å². The summed E-state index contributed by atoms with van der Waals surface area (Å²) in [5.74, 6) is -0.105. The number of hydrogen-bond acceptors (Lipinski definition) is 2. The van der Waals surface area contributed by atoms with Crippen molar-refractivity contribution in [2.75, 3.05) is 25.0 Å². The van der Waals surface area contributed by atoms with E-state index in [2.05, 4.69) is 0 Å². The van der Waals surface area contributed by atoms with E-state index in [0.29, 0.717) is 11.1 Å².